The fourth-order valence-electron chi connectivity index (χ4n) is 3.72. The average Bonchev–Trinajstić information content (AvgIpc) is 2.88. The fraction of sp³-hybridized carbons (Fsp3) is 0.615. The van der Waals surface area contributed by atoms with Crippen molar-refractivity contribution in [2.75, 3.05) is 6.61 Å². The lowest BCUT2D eigenvalue weighted by molar-refractivity contribution is -0.145. The Kier molecular flexibility index (Phi) is 2.02. The molecule has 1 saturated carbocycles. The van der Waals surface area contributed by atoms with E-state index in [2.05, 4.69) is 18.2 Å². The Bertz CT molecular complexity index is 385. The molecule has 1 N–H and O–H groups in total. The van der Waals surface area contributed by atoms with Gasteiger partial charge in [-0.3, -0.25) is 4.79 Å². The molecule has 3 nitrogen and oxygen atoms in total. The topological polar surface area (TPSA) is 46.5 Å². The Morgan fingerprint density at radius 2 is 2.31 bits per heavy atom. The maximum absolute atomic E-state index is 10.9. The number of rotatable bonds is 2. The summed E-state index contributed by atoms with van der Waals surface area (Å²) in [6.45, 7) is 1.84. The smallest absolute Gasteiger partial charge is 0.302 e. The van der Waals surface area contributed by atoms with E-state index in [9.17, 15) is 9.90 Å². The molecule has 0 aromatic heterocycles. The third-order valence-electron chi connectivity index (χ3n) is 4.39. The molecule has 3 rings (SSSR count). The summed E-state index contributed by atoms with van der Waals surface area (Å²) >= 11 is 0. The third-order valence-corrected chi connectivity index (χ3v) is 4.39. The van der Waals surface area contributed by atoms with Gasteiger partial charge in [0.1, 0.15) is 6.61 Å². The highest BCUT2D eigenvalue weighted by atomic mass is 16.5. The van der Waals surface area contributed by atoms with Gasteiger partial charge < -0.3 is 9.84 Å². The molecule has 3 aliphatic rings. The number of aliphatic hydroxyl groups excluding tert-OH is 1. The summed E-state index contributed by atoms with van der Waals surface area (Å²) < 4.78 is 5.20. The maximum Gasteiger partial charge on any atom is 0.302 e. The van der Waals surface area contributed by atoms with Gasteiger partial charge >= 0.3 is 5.97 Å². The van der Waals surface area contributed by atoms with Crippen LogP contribution in [0.15, 0.2) is 24.3 Å². The summed E-state index contributed by atoms with van der Waals surface area (Å²) in [5.74, 6) is 0.845. The van der Waals surface area contributed by atoms with Gasteiger partial charge in [0.25, 0.3) is 0 Å². The monoisotopic (exact) mass is 220 g/mol. The molecule has 2 bridgehead atoms. The average molecular weight is 220 g/mol. The van der Waals surface area contributed by atoms with Crippen molar-refractivity contribution in [2.45, 2.75) is 19.4 Å². The SMILES string of the molecule is CC(=O)OC[C@]12C=C[C@@H](O)C1C1C=CC2C1. The predicted molar refractivity (Wildman–Crippen MR) is 58.4 cm³/mol. The van der Waals surface area contributed by atoms with Crippen LogP contribution in [0.3, 0.4) is 0 Å². The van der Waals surface area contributed by atoms with E-state index < -0.39 is 0 Å². The van der Waals surface area contributed by atoms with Crippen LogP contribution in [0, 0.1) is 23.2 Å². The third kappa shape index (κ3) is 1.15. The van der Waals surface area contributed by atoms with E-state index in [0.29, 0.717) is 18.4 Å². The quantitative estimate of drug-likeness (QED) is 0.563. The standard InChI is InChI=1S/C13H16O3/c1-8(14)16-7-13-5-4-11(15)12(13)9-2-3-10(13)6-9/h2-5,9-12,15H,6-7H2,1H3/t9?,10?,11-,12?,13+/m1/s1. The first kappa shape index (κ1) is 10.1. The zero-order valence-electron chi connectivity index (χ0n) is 9.30. The number of carbonyl (C=O) groups excluding carboxylic acids is 1. The van der Waals surface area contributed by atoms with E-state index >= 15 is 0 Å². The molecule has 0 aromatic carbocycles. The molecule has 0 heterocycles. The molecular weight excluding hydrogens is 204 g/mol. The summed E-state index contributed by atoms with van der Waals surface area (Å²) in [6.07, 6.45) is 9.06. The van der Waals surface area contributed by atoms with Gasteiger partial charge in [-0.05, 0) is 18.3 Å². The number of hydrogen-bond donors (Lipinski definition) is 1. The number of aliphatic hydroxyl groups is 1. The second-order valence-electron chi connectivity index (χ2n) is 5.16. The highest BCUT2D eigenvalue weighted by molar-refractivity contribution is 5.66. The number of carbonyl (C=O) groups is 1. The molecule has 0 spiro atoms. The maximum atomic E-state index is 10.9. The second kappa shape index (κ2) is 3.20. The van der Waals surface area contributed by atoms with Gasteiger partial charge in [0.15, 0.2) is 0 Å². The van der Waals surface area contributed by atoms with Crippen molar-refractivity contribution in [1.82, 2.24) is 0 Å². The summed E-state index contributed by atoms with van der Waals surface area (Å²) in [5.41, 5.74) is -0.134. The predicted octanol–water partition coefficient (Wildman–Crippen LogP) is 1.29. The zero-order chi connectivity index (χ0) is 11.3. The van der Waals surface area contributed by atoms with Gasteiger partial charge in [0, 0.05) is 18.3 Å². The Balaban J connectivity index is 1.89. The van der Waals surface area contributed by atoms with Crippen molar-refractivity contribution in [1.29, 1.82) is 0 Å². The largest absolute Gasteiger partial charge is 0.465 e. The number of ether oxygens (including phenoxy) is 1. The van der Waals surface area contributed by atoms with Crippen molar-refractivity contribution in [3.8, 4) is 0 Å². The van der Waals surface area contributed by atoms with E-state index in [1.807, 2.05) is 6.08 Å². The van der Waals surface area contributed by atoms with E-state index in [1.54, 1.807) is 0 Å². The number of hydrogen-bond acceptors (Lipinski definition) is 3. The van der Waals surface area contributed by atoms with E-state index in [0.717, 1.165) is 6.42 Å². The first-order chi connectivity index (χ1) is 7.63. The molecule has 3 aliphatic carbocycles. The van der Waals surface area contributed by atoms with Crippen molar-refractivity contribution in [3.63, 3.8) is 0 Å². The molecule has 1 fully saturated rings. The van der Waals surface area contributed by atoms with Gasteiger partial charge in [0.05, 0.1) is 6.10 Å². The molecule has 0 amide bonds. The zero-order valence-corrected chi connectivity index (χ0v) is 9.30. The number of esters is 1. The summed E-state index contributed by atoms with van der Waals surface area (Å²) in [4.78, 5) is 10.9. The summed E-state index contributed by atoms with van der Waals surface area (Å²) in [5, 5.41) is 9.99. The van der Waals surface area contributed by atoms with Crippen LogP contribution in [0.1, 0.15) is 13.3 Å². The molecule has 0 aromatic rings. The van der Waals surface area contributed by atoms with Crippen LogP contribution in [0.4, 0.5) is 0 Å². The van der Waals surface area contributed by atoms with Crippen LogP contribution >= 0.6 is 0 Å². The van der Waals surface area contributed by atoms with Crippen LogP contribution < -0.4 is 0 Å². The van der Waals surface area contributed by atoms with Gasteiger partial charge in [0.2, 0.25) is 0 Å². The molecule has 0 aliphatic heterocycles. The first-order valence-corrected chi connectivity index (χ1v) is 5.82. The van der Waals surface area contributed by atoms with Gasteiger partial charge in [-0.1, -0.05) is 24.3 Å². The summed E-state index contributed by atoms with van der Waals surface area (Å²) in [6, 6.07) is 0. The lowest BCUT2D eigenvalue weighted by Gasteiger charge is -2.36. The van der Waals surface area contributed by atoms with E-state index in [1.165, 1.54) is 6.92 Å². The van der Waals surface area contributed by atoms with Crippen molar-refractivity contribution >= 4 is 5.97 Å². The van der Waals surface area contributed by atoms with Crippen LogP contribution in [-0.2, 0) is 9.53 Å². The van der Waals surface area contributed by atoms with Crippen molar-refractivity contribution in [2.24, 2.45) is 23.2 Å². The summed E-state index contributed by atoms with van der Waals surface area (Å²) in [7, 11) is 0. The van der Waals surface area contributed by atoms with E-state index in [4.69, 9.17) is 4.74 Å². The van der Waals surface area contributed by atoms with Crippen molar-refractivity contribution in [3.05, 3.63) is 24.3 Å². The Hall–Kier alpha value is -1.09. The number of fused-ring (bicyclic) bond motifs is 5. The van der Waals surface area contributed by atoms with Crippen LogP contribution in [0.2, 0.25) is 0 Å². The first-order valence-electron chi connectivity index (χ1n) is 5.82. The lowest BCUT2D eigenvalue weighted by Crippen LogP contribution is -2.39. The van der Waals surface area contributed by atoms with Gasteiger partial charge in [-0.2, -0.15) is 0 Å². The fourth-order valence-corrected chi connectivity index (χ4v) is 3.72. The Labute approximate surface area is 94.8 Å². The minimum absolute atomic E-state index is 0.134. The Morgan fingerprint density at radius 3 is 3.06 bits per heavy atom. The normalized spacial score (nSPS) is 47.4. The molecule has 0 radical (unpaired) electrons. The lowest BCUT2D eigenvalue weighted by atomic mass is 9.71. The second-order valence-corrected chi connectivity index (χ2v) is 5.16. The molecule has 3 heteroatoms. The molecule has 3 unspecified atom stereocenters. The van der Waals surface area contributed by atoms with Gasteiger partial charge in [-0.15, -0.1) is 0 Å². The molecular formula is C13H16O3. The highest BCUT2D eigenvalue weighted by Gasteiger charge is 2.59. The molecule has 86 valence electrons. The Morgan fingerprint density at radius 1 is 1.50 bits per heavy atom. The van der Waals surface area contributed by atoms with E-state index in [-0.39, 0.29) is 23.4 Å². The molecule has 16 heavy (non-hydrogen) atoms. The van der Waals surface area contributed by atoms with Crippen molar-refractivity contribution < 1.29 is 14.6 Å². The van der Waals surface area contributed by atoms with Crippen LogP contribution in [0.25, 0.3) is 0 Å². The minimum atomic E-state index is -0.379. The molecule has 0 saturated heterocycles. The minimum Gasteiger partial charge on any atom is -0.465 e. The highest BCUT2D eigenvalue weighted by Crippen LogP contribution is 2.60. The number of allylic oxidation sites excluding steroid dienone is 2. The molecule has 5 atom stereocenters. The van der Waals surface area contributed by atoms with Crippen LogP contribution in [-0.4, -0.2) is 23.8 Å². The van der Waals surface area contributed by atoms with Gasteiger partial charge in [-0.25, -0.2) is 0 Å². The van der Waals surface area contributed by atoms with Crippen LogP contribution in [0.5, 0.6) is 0 Å².